The van der Waals surface area contributed by atoms with Crippen LogP contribution in [0.5, 0.6) is 0 Å². The molecular weight excluding hydrogens is 192 g/mol. The molecule has 0 saturated heterocycles. The molecule has 0 N–H and O–H groups in total. The molecule has 0 heterocycles. The summed E-state index contributed by atoms with van der Waals surface area (Å²) >= 11 is 0. The molecule has 0 heteroatoms. The maximum Gasteiger partial charge on any atom is -0.0197 e. The normalized spacial score (nSPS) is 12.9. The molecule has 16 heavy (non-hydrogen) atoms. The average Bonchev–Trinajstić information content (AvgIpc) is 2.24. The Hall–Kier alpha value is -1.04. The van der Waals surface area contributed by atoms with Crippen molar-refractivity contribution in [2.75, 3.05) is 0 Å². The van der Waals surface area contributed by atoms with Crippen LogP contribution in [0.2, 0.25) is 0 Å². The van der Waals surface area contributed by atoms with Gasteiger partial charge in [-0.25, -0.2) is 0 Å². The first-order valence-corrected chi connectivity index (χ1v) is 6.30. The Morgan fingerprint density at radius 3 is 2.25 bits per heavy atom. The van der Waals surface area contributed by atoms with Crippen LogP contribution in [-0.2, 0) is 0 Å². The first-order chi connectivity index (χ1) is 7.53. The second-order valence-electron chi connectivity index (χ2n) is 5.51. The van der Waals surface area contributed by atoms with E-state index in [-0.39, 0.29) is 5.41 Å². The fraction of sp³-hybridized carbons (Fsp3) is 0.500. The van der Waals surface area contributed by atoms with E-state index in [1.165, 1.54) is 30.4 Å². The minimum Gasteiger partial charge on any atom is -0.0753 e. The van der Waals surface area contributed by atoms with Crippen LogP contribution in [0.1, 0.15) is 52.5 Å². The van der Waals surface area contributed by atoms with Gasteiger partial charge < -0.3 is 0 Å². The maximum atomic E-state index is 2.41. The van der Waals surface area contributed by atoms with Gasteiger partial charge >= 0.3 is 0 Å². The lowest BCUT2D eigenvalue weighted by atomic mass is 9.89. The highest BCUT2D eigenvalue weighted by Crippen LogP contribution is 2.27. The smallest absolute Gasteiger partial charge is 0.0197 e. The predicted octanol–water partition coefficient (Wildman–Crippen LogP) is 5.31. The molecule has 88 valence electrons. The van der Waals surface area contributed by atoms with E-state index in [9.17, 15) is 0 Å². The second-order valence-corrected chi connectivity index (χ2v) is 5.51. The molecule has 1 aromatic rings. The van der Waals surface area contributed by atoms with E-state index >= 15 is 0 Å². The number of hydrogen-bond acceptors (Lipinski definition) is 0. The van der Waals surface area contributed by atoms with Crippen molar-refractivity contribution < 1.29 is 0 Å². The molecular formula is C16H24. The first kappa shape index (κ1) is 13.0. The third-order valence-electron chi connectivity index (χ3n) is 2.55. The molecule has 0 nitrogen and oxygen atoms in total. The van der Waals surface area contributed by atoms with Gasteiger partial charge in [-0.3, -0.25) is 0 Å². The quantitative estimate of drug-likeness (QED) is 0.640. The summed E-state index contributed by atoms with van der Waals surface area (Å²) in [6.45, 7) is 9.05. The largest absolute Gasteiger partial charge is 0.0753 e. The third-order valence-corrected chi connectivity index (χ3v) is 2.55. The van der Waals surface area contributed by atoms with Gasteiger partial charge in [-0.05, 0) is 29.4 Å². The summed E-state index contributed by atoms with van der Waals surface area (Å²) in [5.74, 6) is 0. The molecule has 1 rings (SSSR count). The van der Waals surface area contributed by atoms with E-state index in [1.807, 2.05) is 0 Å². The van der Waals surface area contributed by atoms with E-state index in [1.54, 1.807) is 0 Å². The zero-order valence-electron chi connectivity index (χ0n) is 11.1. The summed E-state index contributed by atoms with van der Waals surface area (Å²) in [4.78, 5) is 0. The van der Waals surface area contributed by atoms with Crippen molar-refractivity contribution in [1.82, 2.24) is 0 Å². The Bertz CT molecular complexity index is 325. The Morgan fingerprint density at radius 2 is 1.75 bits per heavy atom. The number of allylic oxidation sites excluding steroid dienone is 2. The molecule has 0 amide bonds. The highest BCUT2D eigenvalue weighted by Gasteiger charge is 2.09. The van der Waals surface area contributed by atoms with Gasteiger partial charge in [0.05, 0.1) is 0 Å². The zero-order valence-corrected chi connectivity index (χ0v) is 11.1. The lowest BCUT2D eigenvalue weighted by Gasteiger charge is -2.17. The van der Waals surface area contributed by atoms with Crippen LogP contribution in [0.15, 0.2) is 36.4 Å². The van der Waals surface area contributed by atoms with Crippen LogP contribution in [0, 0.1) is 5.41 Å². The molecule has 0 radical (unpaired) electrons. The van der Waals surface area contributed by atoms with Gasteiger partial charge in [0.15, 0.2) is 0 Å². The fourth-order valence-electron chi connectivity index (χ4n) is 1.84. The lowest BCUT2D eigenvalue weighted by Crippen LogP contribution is -2.01. The van der Waals surface area contributed by atoms with Crippen LogP contribution in [-0.4, -0.2) is 0 Å². The third kappa shape index (κ3) is 4.65. The molecule has 0 aromatic heterocycles. The summed E-state index contributed by atoms with van der Waals surface area (Å²) in [5.41, 5.74) is 3.14. The van der Waals surface area contributed by atoms with Crippen molar-refractivity contribution in [2.24, 2.45) is 5.41 Å². The van der Waals surface area contributed by atoms with Crippen molar-refractivity contribution >= 4 is 5.57 Å². The van der Waals surface area contributed by atoms with Gasteiger partial charge in [0.1, 0.15) is 0 Å². The van der Waals surface area contributed by atoms with E-state index < -0.39 is 0 Å². The highest BCUT2D eigenvalue weighted by molar-refractivity contribution is 5.66. The summed E-state index contributed by atoms with van der Waals surface area (Å²) in [6.07, 6.45) is 6.14. The van der Waals surface area contributed by atoms with Gasteiger partial charge in [-0.2, -0.15) is 0 Å². The lowest BCUT2D eigenvalue weighted by molar-refractivity contribution is 0.544. The van der Waals surface area contributed by atoms with E-state index in [0.717, 1.165) is 0 Å². The standard InChI is InChI=1S/C16H24/c1-5-6-10-15(13-16(2,3)4)14-11-8-7-9-12-14/h7-9,11-13H,5-6,10H2,1-4H3/b15-13-. The molecule has 0 fully saturated rings. The monoisotopic (exact) mass is 216 g/mol. The summed E-state index contributed by atoms with van der Waals surface area (Å²) < 4.78 is 0. The topological polar surface area (TPSA) is 0 Å². The van der Waals surface area contributed by atoms with Gasteiger partial charge in [0, 0.05) is 0 Å². The predicted molar refractivity (Wildman–Crippen MR) is 73.4 cm³/mol. The number of benzene rings is 1. The number of hydrogen-bond donors (Lipinski definition) is 0. The first-order valence-electron chi connectivity index (χ1n) is 6.30. The molecule has 0 spiro atoms. The Balaban J connectivity index is 2.92. The molecule has 0 aliphatic rings. The minimum atomic E-state index is 0.263. The molecule has 0 aliphatic heterocycles. The Morgan fingerprint density at radius 1 is 1.12 bits per heavy atom. The van der Waals surface area contributed by atoms with Crippen molar-refractivity contribution in [3.63, 3.8) is 0 Å². The zero-order chi connectivity index (χ0) is 12.0. The summed E-state index contributed by atoms with van der Waals surface area (Å²) in [6, 6.07) is 10.8. The van der Waals surface area contributed by atoms with Crippen molar-refractivity contribution in [3.8, 4) is 0 Å². The SMILES string of the molecule is CCCC/C(=C/C(C)(C)C)c1ccccc1. The fourth-order valence-corrected chi connectivity index (χ4v) is 1.84. The Labute approximate surface area is 100 Å². The van der Waals surface area contributed by atoms with Crippen molar-refractivity contribution in [3.05, 3.63) is 42.0 Å². The average molecular weight is 216 g/mol. The van der Waals surface area contributed by atoms with Crippen LogP contribution in [0.25, 0.3) is 5.57 Å². The van der Waals surface area contributed by atoms with E-state index in [4.69, 9.17) is 0 Å². The summed E-state index contributed by atoms with van der Waals surface area (Å²) in [5, 5.41) is 0. The molecule has 0 bridgehead atoms. The van der Waals surface area contributed by atoms with Crippen molar-refractivity contribution in [1.29, 1.82) is 0 Å². The number of unbranched alkanes of at least 4 members (excludes halogenated alkanes) is 1. The van der Waals surface area contributed by atoms with Crippen LogP contribution >= 0.6 is 0 Å². The highest BCUT2D eigenvalue weighted by atomic mass is 14.1. The van der Waals surface area contributed by atoms with Crippen molar-refractivity contribution in [2.45, 2.75) is 47.0 Å². The molecule has 1 aromatic carbocycles. The molecule has 0 saturated carbocycles. The second kappa shape index (κ2) is 5.89. The van der Waals surface area contributed by atoms with Crippen LogP contribution < -0.4 is 0 Å². The molecule has 0 aliphatic carbocycles. The number of rotatable bonds is 4. The minimum absolute atomic E-state index is 0.263. The maximum absolute atomic E-state index is 2.41. The van der Waals surface area contributed by atoms with Gasteiger partial charge in [-0.1, -0.05) is 70.5 Å². The molecule has 0 unspecified atom stereocenters. The summed E-state index contributed by atoms with van der Waals surface area (Å²) in [7, 11) is 0. The Kier molecular flexibility index (Phi) is 4.79. The van der Waals surface area contributed by atoms with Gasteiger partial charge in [-0.15, -0.1) is 0 Å². The van der Waals surface area contributed by atoms with Gasteiger partial charge in [0.2, 0.25) is 0 Å². The van der Waals surface area contributed by atoms with Crippen LogP contribution in [0.4, 0.5) is 0 Å². The van der Waals surface area contributed by atoms with Gasteiger partial charge in [0.25, 0.3) is 0 Å². The van der Waals surface area contributed by atoms with E-state index in [2.05, 4.69) is 64.1 Å². The van der Waals surface area contributed by atoms with E-state index in [0.29, 0.717) is 0 Å². The van der Waals surface area contributed by atoms with Crippen LogP contribution in [0.3, 0.4) is 0 Å². The molecule has 0 atom stereocenters.